The minimum atomic E-state index is -0.278. The first-order valence-electron chi connectivity index (χ1n) is 9.97. The summed E-state index contributed by atoms with van der Waals surface area (Å²) in [5.74, 6) is 0.885. The number of rotatable bonds is 3. The van der Waals surface area contributed by atoms with Crippen LogP contribution in [0, 0.1) is 19.8 Å². The van der Waals surface area contributed by atoms with Crippen molar-refractivity contribution in [3.8, 4) is 0 Å². The summed E-state index contributed by atoms with van der Waals surface area (Å²) in [4.78, 5) is 29.1. The standard InChI is InChI=1S/C22H23N5O2/c1-14-6-7-18(9-15(14)2)27-13-16(10-20(27)28)22(29)25-11-17(12-25)21-24-23-19-5-3-4-8-26(19)21/h3-9,16-17H,10-13H2,1-2H3. The molecule has 7 nitrogen and oxygen atoms in total. The van der Waals surface area contributed by atoms with Crippen LogP contribution in [0.1, 0.15) is 29.3 Å². The lowest BCUT2D eigenvalue weighted by molar-refractivity contribution is -0.140. The lowest BCUT2D eigenvalue weighted by Crippen LogP contribution is -2.51. The van der Waals surface area contributed by atoms with E-state index in [1.807, 2.05) is 58.8 Å². The quantitative estimate of drug-likeness (QED) is 0.689. The number of hydrogen-bond acceptors (Lipinski definition) is 4. The molecule has 0 N–H and O–H groups in total. The maximum Gasteiger partial charge on any atom is 0.228 e. The van der Waals surface area contributed by atoms with Crippen molar-refractivity contribution in [1.29, 1.82) is 0 Å². The fourth-order valence-electron chi connectivity index (χ4n) is 4.23. The van der Waals surface area contributed by atoms with Gasteiger partial charge in [0.15, 0.2) is 5.65 Å². The van der Waals surface area contributed by atoms with Crippen LogP contribution < -0.4 is 4.90 Å². The molecule has 0 aliphatic carbocycles. The summed E-state index contributed by atoms with van der Waals surface area (Å²) in [7, 11) is 0. The molecule has 29 heavy (non-hydrogen) atoms. The Morgan fingerprint density at radius 1 is 1.03 bits per heavy atom. The Balaban J connectivity index is 1.25. The lowest BCUT2D eigenvalue weighted by Gasteiger charge is -2.39. The van der Waals surface area contributed by atoms with E-state index in [1.54, 1.807) is 4.90 Å². The van der Waals surface area contributed by atoms with Gasteiger partial charge in [-0.1, -0.05) is 12.1 Å². The number of aromatic nitrogens is 3. The second-order valence-corrected chi connectivity index (χ2v) is 8.10. The fraction of sp³-hybridized carbons (Fsp3) is 0.364. The zero-order chi connectivity index (χ0) is 20.1. The molecule has 148 valence electrons. The van der Waals surface area contributed by atoms with Crippen molar-refractivity contribution in [2.45, 2.75) is 26.2 Å². The molecule has 4 heterocycles. The summed E-state index contributed by atoms with van der Waals surface area (Å²) in [6, 6.07) is 11.8. The maximum absolute atomic E-state index is 13.0. The van der Waals surface area contributed by atoms with Crippen LogP contribution in [0.3, 0.4) is 0 Å². The summed E-state index contributed by atoms with van der Waals surface area (Å²) in [5.41, 5.74) is 4.04. The molecule has 0 radical (unpaired) electrons. The van der Waals surface area contributed by atoms with Crippen molar-refractivity contribution in [1.82, 2.24) is 19.5 Å². The highest BCUT2D eigenvalue weighted by molar-refractivity contribution is 6.00. The number of pyridine rings is 1. The van der Waals surface area contributed by atoms with E-state index in [0.717, 1.165) is 22.7 Å². The predicted molar refractivity (Wildman–Crippen MR) is 109 cm³/mol. The first kappa shape index (κ1) is 17.8. The van der Waals surface area contributed by atoms with Crippen LogP contribution in [0.2, 0.25) is 0 Å². The third kappa shape index (κ3) is 2.97. The van der Waals surface area contributed by atoms with Crippen LogP contribution >= 0.6 is 0 Å². The van der Waals surface area contributed by atoms with Crippen molar-refractivity contribution in [3.63, 3.8) is 0 Å². The Kier molecular flexibility index (Phi) is 4.12. The smallest absolute Gasteiger partial charge is 0.228 e. The molecule has 1 aromatic carbocycles. The van der Waals surface area contributed by atoms with Crippen LogP contribution in [0.15, 0.2) is 42.6 Å². The van der Waals surface area contributed by atoms with Gasteiger partial charge < -0.3 is 9.80 Å². The normalized spacial score (nSPS) is 19.8. The molecular weight excluding hydrogens is 366 g/mol. The Morgan fingerprint density at radius 3 is 2.66 bits per heavy atom. The molecule has 1 atom stereocenters. The minimum absolute atomic E-state index is 0.0205. The fourth-order valence-corrected chi connectivity index (χ4v) is 4.23. The molecule has 5 rings (SSSR count). The number of likely N-dealkylation sites (tertiary alicyclic amines) is 1. The number of anilines is 1. The Hall–Kier alpha value is -3.22. The van der Waals surface area contributed by atoms with E-state index in [0.29, 0.717) is 19.6 Å². The first-order valence-corrected chi connectivity index (χ1v) is 9.97. The number of amides is 2. The molecule has 2 aromatic heterocycles. The Bertz CT molecular complexity index is 1120. The number of nitrogens with zero attached hydrogens (tertiary/aromatic N) is 5. The topological polar surface area (TPSA) is 70.8 Å². The molecule has 2 saturated heterocycles. The summed E-state index contributed by atoms with van der Waals surface area (Å²) >= 11 is 0. The van der Waals surface area contributed by atoms with Crippen LogP contribution in [0.25, 0.3) is 5.65 Å². The van der Waals surface area contributed by atoms with Crippen LogP contribution in [0.4, 0.5) is 5.69 Å². The number of fused-ring (bicyclic) bond motifs is 1. The van der Waals surface area contributed by atoms with E-state index in [9.17, 15) is 9.59 Å². The van der Waals surface area contributed by atoms with E-state index < -0.39 is 0 Å². The van der Waals surface area contributed by atoms with E-state index in [4.69, 9.17) is 0 Å². The molecule has 7 heteroatoms. The van der Waals surface area contributed by atoms with Gasteiger partial charge in [-0.2, -0.15) is 0 Å². The number of carbonyl (C=O) groups excluding carboxylic acids is 2. The van der Waals surface area contributed by atoms with E-state index >= 15 is 0 Å². The van der Waals surface area contributed by atoms with E-state index in [1.165, 1.54) is 5.56 Å². The molecule has 2 aliphatic rings. The van der Waals surface area contributed by atoms with Crippen molar-refractivity contribution in [2.24, 2.45) is 5.92 Å². The minimum Gasteiger partial charge on any atom is -0.341 e. The molecular formula is C22H23N5O2. The van der Waals surface area contributed by atoms with Gasteiger partial charge >= 0.3 is 0 Å². The molecule has 3 aromatic rings. The monoisotopic (exact) mass is 389 g/mol. The largest absolute Gasteiger partial charge is 0.341 e. The SMILES string of the molecule is Cc1ccc(N2CC(C(=O)N3CC(c4nnc5ccccn45)C3)CC2=O)cc1C. The van der Waals surface area contributed by atoms with Crippen LogP contribution in [-0.2, 0) is 9.59 Å². The van der Waals surface area contributed by atoms with Gasteiger partial charge in [0.25, 0.3) is 0 Å². The molecule has 2 aliphatic heterocycles. The predicted octanol–water partition coefficient (Wildman–Crippen LogP) is 2.33. The van der Waals surface area contributed by atoms with Gasteiger partial charge in [0.1, 0.15) is 5.82 Å². The molecule has 1 unspecified atom stereocenters. The molecule has 0 saturated carbocycles. The highest BCUT2D eigenvalue weighted by Crippen LogP contribution is 2.32. The van der Waals surface area contributed by atoms with Gasteiger partial charge in [-0.3, -0.25) is 14.0 Å². The highest BCUT2D eigenvalue weighted by Gasteiger charge is 2.42. The third-order valence-electron chi connectivity index (χ3n) is 6.17. The van der Waals surface area contributed by atoms with Gasteiger partial charge in [-0.25, -0.2) is 0 Å². The second-order valence-electron chi connectivity index (χ2n) is 8.10. The van der Waals surface area contributed by atoms with Gasteiger partial charge in [-0.05, 0) is 49.2 Å². The molecule has 0 spiro atoms. The number of hydrogen-bond donors (Lipinski definition) is 0. The van der Waals surface area contributed by atoms with Gasteiger partial charge in [0.2, 0.25) is 11.8 Å². The summed E-state index contributed by atoms with van der Waals surface area (Å²) in [6.45, 7) is 5.80. The van der Waals surface area contributed by atoms with Crippen molar-refractivity contribution >= 4 is 23.1 Å². The summed E-state index contributed by atoms with van der Waals surface area (Å²) in [5, 5.41) is 8.49. The number of aryl methyl sites for hydroxylation is 2. The van der Waals surface area contributed by atoms with Gasteiger partial charge in [0, 0.05) is 37.9 Å². The average molecular weight is 389 g/mol. The Morgan fingerprint density at radius 2 is 1.86 bits per heavy atom. The zero-order valence-electron chi connectivity index (χ0n) is 16.6. The van der Waals surface area contributed by atoms with Crippen LogP contribution in [0.5, 0.6) is 0 Å². The third-order valence-corrected chi connectivity index (χ3v) is 6.17. The summed E-state index contributed by atoms with van der Waals surface area (Å²) in [6.07, 6.45) is 2.23. The maximum atomic E-state index is 13.0. The first-order chi connectivity index (χ1) is 14.0. The van der Waals surface area contributed by atoms with Crippen molar-refractivity contribution in [3.05, 3.63) is 59.5 Å². The number of benzene rings is 1. The number of carbonyl (C=O) groups is 2. The van der Waals surface area contributed by atoms with Gasteiger partial charge in [-0.15, -0.1) is 10.2 Å². The zero-order valence-corrected chi connectivity index (χ0v) is 16.6. The highest BCUT2D eigenvalue weighted by atomic mass is 16.2. The summed E-state index contributed by atoms with van der Waals surface area (Å²) < 4.78 is 1.98. The molecule has 2 amide bonds. The lowest BCUT2D eigenvalue weighted by atomic mass is 9.96. The van der Waals surface area contributed by atoms with E-state index in [-0.39, 0.29) is 30.1 Å². The molecule has 0 bridgehead atoms. The Labute approximate surface area is 168 Å². The van der Waals surface area contributed by atoms with Crippen LogP contribution in [-0.4, -0.2) is 50.9 Å². The second kappa shape index (κ2) is 6.69. The average Bonchev–Trinajstić information content (AvgIpc) is 3.27. The van der Waals surface area contributed by atoms with Crippen molar-refractivity contribution in [2.75, 3.05) is 24.5 Å². The van der Waals surface area contributed by atoms with Gasteiger partial charge in [0.05, 0.1) is 11.8 Å². The van der Waals surface area contributed by atoms with Crippen molar-refractivity contribution < 1.29 is 9.59 Å². The van der Waals surface area contributed by atoms with E-state index in [2.05, 4.69) is 17.1 Å². The molecule has 2 fully saturated rings.